The van der Waals surface area contributed by atoms with E-state index in [4.69, 9.17) is 14.2 Å². The third-order valence-corrected chi connectivity index (χ3v) is 4.68. The summed E-state index contributed by atoms with van der Waals surface area (Å²) in [5, 5.41) is 2.84. The average molecular weight is 398 g/mol. The van der Waals surface area contributed by atoms with E-state index >= 15 is 0 Å². The van der Waals surface area contributed by atoms with Gasteiger partial charge in [0.25, 0.3) is 5.91 Å². The van der Waals surface area contributed by atoms with Gasteiger partial charge in [-0.05, 0) is 49.2 Å². The molecule has 29 heavy (non-hydrogen) atoms. The number of carbonyl (C=O) groups is 2. The fourth-order valence-electron chi connectivity index (χ4n) is 2.98. The smallest absolute Gasteiger partial charge is 0.260 e. The van der Waals surface area contributed by atoms with Gasteiger partial charge < -0.3 is 24.4 Å². The first-order valence-electron chi connectivity index (χ1n) is 9.60. The van der Waals surface area contributed by atoms with E-state index in [9.17, 15) is 9.59 Å². The lowest BCUT2D eigenvalue weighted by molar-refractivity contribution is -0.134. The summed E-state index contributed by atoms with van der Waals surface area (Å²) in [6.45, 7) is 0.276. The number of nitrogens with zero attached hydrogens (tertiary/aromatic N) is 1. The molecule has 0 saturated heterocycles. The minimum Gasteiger partial charge on any atom is -0.497 e. The minimum atomic E-state index is -0.140. The van der Waals surface area contributed by atoms with Crippen molar-refractivity contribution < 1.29 is 23.8 Å². The zero-order valence-electron chi connectivity index (χ0n) is 16.7. The zero-order valence-corrected chi connectivity index (χ0v) is 16.7. The summed E-state index contributed by atoms with van der Waals surface area (Å²) in [6, 6.07) is 14.5. The summed E-state index contributed by atoms with van der Waals surface area (Å²) in [5.41, 5.74) is 0.694. The van der Waals surface area contributed by atoms with Crippen LogP contribution in [0.4, 0.5) is 5.69 Å². The molecule has 154 valence electrons. The predicted molar refractivity (Wildman–Crippen MR) is 109 cm³/mol. The fourth-order valence-corrected chi connectivity index (χ4v) is 2.98. The molecule has 1 saturated carbocycles. The molecular weight excluding hydrogens is 372 g/mol. The van der Waals surface area contributed by atoms with Crippen LogP contribution in [0.25, 0.3) is 0 Å². The molecule has 1 aliphatic carbocycles. The molecule has 2 amide bonds. The van der Waals surface area contributed by atoms with Crippen molar-refractivity contribution in [3.8, 4) is 17.2 Å². The second-order valence-corrected chi connectivity index (χ2v) is 6.78. The van der Waals surface area contributed by atoms with Crippen LogP contribution in [0.15, 0.2) is 48.5 Å². The average Bonchev–Trinajstić information content (AvgIpc) is 3.58. The molecular formula is C22H26N2O5. The van der Waals surface area contributed by atoms with Gasteiger partial charge in [0.15, 0.2) is 18.1 Å². The number of benzene rings is 2. The van der Waals surface area contributed by atoms with Gasteiger partial charge in [-0.15, -0.1) is 0 Å². The van der Waals surface area contributed by atoms with E-state index in [1.165, 1.54) is 0 Å². The Hall–Kier alpha value is -3.22. The quantitative estimate of drug-likeness (QED) is 0.665. The summed E-state index contributed by atoms with van der Waals surface area (Å²) < 4.78 is 16.0. The lowest BCUT2D eigenvalue weighted by atomic mass is 10.2. The number of rotatable bonds is 10. The van der Waals surface area contributed by atoms with Crippen LogP contribution in [0, 0.1) is 0 Å². The molecule has 1 aliphatic rings. The van der Waals surface area contributed by atoms with Gasteiger partial charge in [0.2, 0.25) is 5.91 Å². The van der Waals surface area contributed by atoms with E-state index in [1.807, 2.05) is 12.1 Å². The zero-order chi connectivity index (χ0) is 20.6. The first-order chi connectivity index (χ1) is 14.1. The van der Waals surface area contributed by atoms with Crippen LogP contribution in [0.1, 0.15) is 19.3 Å². The van der Waals surface area contributed by atoms with Crippen LogP contribution < -0.4 is 19.5 Å². The van der Waals surface area contributed by atoms with Gasteiger partial charge in [-0.2, -0.15) is 0 Å². The Labute approximate surface area is 170 Å². The molecule has 0 aromatic heterocycles. The van der Waals surface area contributed by atoms with Crippen molar-refractivity contribution in [2.24, 2.45) is 0 Å². The van der Waals surface area contributed by atoms with Crippen molar-refractivity contribution in [2.75, 3.05) is 32.7 Å². The number of methoxy groups -OCH3 is 2. The van der Waals surface area contributed by atoms with Crippen molar-refractivity contribution in [2.45, 2.75) is 25.3 Å². The lowest BCUT2D eigenvalue weighted by Gasteiger charge is -2.22. The fraction of sp³-hybridized carbons (Fsp3) is 0.364. The van der Waals surface area contributed by atoms with Crippen LogP contribution in [-0.2, 0) is 9.59 Å². The third kappa shape index (κ3) is 5.88. The molecule has 0 bridgehead atoms. The maximum absolute atomic E-state index is 12.7. The monoisotopic (exact) mass is 398 g/mol. The molecule has 0 atom stereocenters. The number of anilines is 1. The van der Waals surface area contributed by atoms with Crippen molar-refractivity contribution in [1.29, 1.82) is 0 Å². The van der Waals surface area contributed by atoms with Gasteiger partial charge in [-0.25, -0.2) is 0 Å². The molecule has 2 aromatic rings. The van der Waals surface area contributed by atoms with E-state index in [2.05, 4.69) is 5.32 Å². The molecule has 0 unspecified atom stereocenters. The van der Waals surface area contributed by atoms with Crippen molar-refractivity contribution in [1.82, 2.24) is 4.90 Å². The topological polar surface area (TPSA) is 77.1 Å². The highest BCUT2D eigenvalue weighted by atomic mass is 16.5. The van der Waals surface area contributed by atoms with E-state index in [1.54, 1.807) is 55.5 Å². The standard InChI is InChI=1S/C22H26N2O5/c1-27-18-11-7-16(8-12-18)23-21(25)13-14-24(17-9-10-17)22(26)15-29-20-6-4-3-5-19(20)28-2/h3-8,11-12,17H,9-10,13-15H2,1-2H3,(H,23,25). The lowest BCUT2D eigenvalue weighted by Crippen LogP contribution is -2.38. The second kappa shape index (κ2) is 9.82. The van der Waals surface area contributed by atoms with Crippen LogP contribution >= 0.6 is 0 Å². The molecule has 2 aromatic carbocycles. The number of carbonyl (C=O) groups excluding carboxylic acids is 2. The van der Waals surface area contributed by atoms with Gasteiger partial charge in [-0.1, -0.05) is 12.1 Å². The Morgan fingerprint density at radius 3 is 2.31 bits per heavy atom. The number of hydrogen-bond donors (Lipinski definition) is 1. The molecule has 0 spiro atoms. The molecule has 7 heteroatoms. The Balaban J connectivity index is 1.50. The summed E-state index contributed by atoms with van der Waals surface area (Å²) >= 11 is 0. The highest BCUT2D eigenvalue weighted by Gasteiger charge is 2.32. The molecule has 1 N–H and O–H groups in total. The molecule has 3 rings (SSSR count). The minimum absolute atomic E-state index is 0.0863. The van der Waals surface area contributed by atoms with Crippen LogP contribution in [0.3, 0.4) is 0 Å². The summed E-state index contributed by atoms with van der Waals surface area (Å²) in [5.74, 6) is 1.56. The van der Waals surface area contributed by atoms with Gasteiger partial charge in [0.05, 0.1) is 14.2 Å². The van der Waals surface area contributed by atoms with Crippen molar-refractivity contribution >= 4 is 17.5 Å². The van der Waals surface area contributed by atoms with Crippen molar-refractivity contribution in [3.05, 3.63) is 48.5 Å². The summed E-state index contributed by atoms with van der Waals surface area (Å²) in [4.78, 5) is 26.7. The van der Waals surface area contributed by atoms with Crippen LogP contribution in [0.2, 0.25) is 0 Å². The predicted octanol–water partition coefficient (Wildman–Crippen LogP) is 3.10. The largest absolute Gasteiger partial charge is 0.497 e. The first-order valence-corrected chi connectivity index (χ1v) is 9.60. The van der Waals surface area contributed by atoms with Gasteiger partial charge >= 0.3 is 0 Å². The number of nitrogens with one attached hydrogen (secondary N) is 1. The summed E-state index contributed by atoms with van der Waals surface area (Å²) in [7, 11) is 3.15. The Morgan fingerprint density at radius 2 is 1.69 bits per heavy atom. The van der Waals surface area contributed by atoms with Crippen LogP contribution in [-0.4, -0.2) is 50.1 Å². The molecule has 1 fully saturated rings. The van der Waals surface area contributed by atoms with Gasteiger partial charge in [0, 0.05) is 24.7 Å². The Morgan fingerprint density at radius 1 is 1.00 bits per heavy atom. The van der Waals surface area contributed by atoms with Crippen molar-refractivity contribution in [3.63, 3.8) is 0 Å². The molecule has 0 heterocycles. The van der Waals surface area contributed by atoms with E-state index in [-0.39, 0.29) is 30.9 Å². The Bertz CT molecular complexity index is 833. The molecule has 0 aliphatic heterocycles. The van der Waals surface area contributed by atoms with E-state index in [0.29, 0.717) is 23.7 Å². The van der Waals surface area contributed by atoms with Gasteiger partial charge in [-0.3, -0.25) is 9.59 Å². The number of para-hydroxylation sites is 2. The second-order valence-electron chi connectivity index (χ2n) is 6.78. The maximum atomic E-state index is 12.7. The Kier molecular flexibility index (Phi) is 6.94. The maximum Gasteiger partial charge on any atom is 0.260 e. The SMILES string of the molecule is COc1ccc(NC(=O)CCN(C(=O)COc2ccccc2OC)C2CC2)cc1. The normalized spacial score (nSPS) is 12.8. The van der Waals surface area contributed by atoms with E-state index < -0.39 is 0 Å². The number of amides is 2. The molecule has 0 radical (unpaired) electrons. The van der Waals surface area contributed by atoms with Gasteiger partial charge in [0.1, 0.15) is 5.75 Å². The first kappa shape index (κ1) is 20.5. The highest BCUT2D eigenvalue weighted by molar-refractivity contribution is 5.91. The third-order valence-electron chi connectivity index (χ3n) is 4.68. The molecule has 7 nitrogen and oxygen atoms in total. The van der Waals surface area contributed by atoms with E-state index in [0.717, 1.165) is 18.6 Å². The highest BCUT2D eigenvalue weighted by Crippen LogP contribution is 2.29. The summed E-state index contributed by atoms with van der Waals surface area (Å²) in [6.07, 6.45) is 2.14. The number of hydrogen-bond acceptors (Lipinski definition) is 5. The number of ether oxygens (including phenoxy) is 3. The van der Waals surface area contributed by atoms with Crippen LogP contribution in [0.5, 0.6) is 17.2 Å².